The normalized spacial score (nSPS) is 17.4. The van der Waals surface area contributed by atoms with Crippen LogP contribution in [-0.2, 0) is 0 Å². The van der Waals surface area contributed by atoms with Crippen molar-refractivity contribution < 1.29 is 9.21 Å². The van der Waals surface area contributed by atoms with Gasteiger partial charge in [-0.05, 0) is 46.1 Å². The summed E-state index contributed by atoms with van der Waals surface area (Å²) in [4.78, 5) is 11.7. The number of amides is 2. The maximum Gasteiger partial charge on any atom is 0.315 e. The first-order valence-electron chi connectivity index (χ1n) is 6.20. The molecule has 0 aliphatic heterocycles. The lowest BCUT2D eigenvalue weighted by Gasteiger charge is -2.27. The molecule has 1 unspecified atom stereocenters. The van der Waals surface area contributed by atoms with E-state index in [1.165, 1.54) is 6.42 Å². The summed E-state index contributed by atoms with van der Waals surface area (Å²) >= 11 is 0. The molecule has 4 nitrogen and oxygen atoms in total. The molecule has 1 fully saturated rings. The highest BCUT2D eigenvalue weighted by molar-refractivity contribution is 5.74. The van der Waals surface area contributed by atoms with E-state index in [0.29, 0.717) is 6.04 Å². The van der Waals surface area contributed by atoms with Crippen molar-refractivity contribution in [2.75, 3.05) is 0 Å². The van der Waals surface area contributed by atoms with E-state index in [2.05, 4.69) is 10.6 Å². The molecule has 0 spiro atoms. The number of carbonyl (C=O) groups excluding carboxylic acids is 1. The van der Waals surface area contributed by atoms with Gasteiger partial charge in [-0.1, -0.05) is 0 Å². The number of nitrogens with one attached hydrogen (secondary N) is 2. The lowest BCUT2D eigenvalue weighted by molar-refractivity contribution is 0.225. The molecule has 0 aromatic carbocycles. The average Bonchev–Trinajstić information content (AvgIpc) is 2.52. The van der Waals surface area contributed by atoms with Crippen LogP contribution in [0.1, 0.15) is 49.3 Å². The Hall–Kier alpha value is -1.45. The molecule has 1 aromatic rings. The van der Waals surface area contributed by atoms with Gasteiger partial charge in [0.25, 0.3) is 0 Å². The van der Waals surface area contributed by atoms with Crippen LogP contribution < -0.4 is 10.6 Å². The summed E-state index contributed by atoms with van der Waals surface area (Å²) in [6.45, 7) is 5.81. The number of aryl methyl sites for hydroxylation is 2. The standard InChI is InChI=1S/C13H20N2O2/c1-8-7-12(10(3)17-8)9(2)14-13(16)15-11-5-4-6-11/h7,9,11H,4-6H2,1-3H3,(H2,14,15,16). The Balaban J connectivity index is 1.89. The van der Waals surface area contributed by atoms with E-state index < -0.39 is 0 Å². The SMILES string of the molecule is Cc1cc(C(C)NC(=O)NC2CCC2)c(C)o1. The van der Waals surface area contributed by atoms with Crippen molar-refractivity contribution in [3.63, 3.8) is 0 Å². The fourth-order valence-electron chi connectivity index (χ4n) is 2.13. The summed E-state index contributed by atoms with van der Waals surface area (Å²) in [5.74, 6) is 1.75. The zero-order chi connectivity index (χ0) is 12.4. The summed E-state index contributed by atoms with van der Waals surface area (Å²) in [7, 11) is 0. The van der Waals surface area contributed by atoms with E-state index in [1.807, 2.05) is 26.8 Å². The van der Waals surface area contributed by atoms with Gasteiger partial charge in [0.15, 0.2) is 0 Å². The molecule has 1 saturated carbocycles. The molecule has 2 amide bonds. The van der Waals surface area contributed by atoms with Crippen LogP contribution in [0.2, 0.25) is 0 Å². The van der Waals surface area contributed by atoms with Crippen LogP contribution in [0.15, 0.2) is 10.5 Å². The Kier molecular flexibility index (Phi) is 3.41. The summed E-state index contributed by atoms with van der Waals surface area (Å²) in [6, 6.07) is 2.24. The minimum atomic E-state index is -0.0829. The first kappa shape index (κ1) is 12.0. The second-order valence-electron chi connectivity index (χ2n) is 4.84. The Morgan fingerprint density at radius 1 is 1.47 bits per heavy atom. The van der Waals surface area contributed by atoms with Gasteiger partial charge in [-0.25, -0.2) is 4.79 Å². The lowest BCUT2D eigenvalue weighted by Crippen LogP contribution is -2.45. The van der Waals surface area contributed by atoms with Crippen LogP contribution in [-0.4, -0.2) is 12.1 Å². The molecule has 1 aliphatic carbocycles. The van der Waals surface area contributed by atoms with Crippen LogP contribution >= 0.6 is 0 Å². The fraction of sp³-hybridized carbons (Fsp3) is 0.615. The zero-order valence-corrected chi connectivity index (χ0v) is 10.7. The molecule has 1 aromatic heterocycles. The molecule has 1 heterocycles. The minimum Gasteiger partial charge on any atom is -0.466 e. The quantitative estimate of drug-likeness (QED) is 0.847. The number of urea groups is 1. The van der Waals surface area contributed by atoms with Crippen molar-refractivity contribution in [1.82, 2.24) is 10.6 Å². The van der Waals surface area contributed by atoms with Crippen LogP contribution in [0, 0.1) is 13.8 Å². The third-order valence-corrected chi connectivity index (χ3v) is 3.33. The topological polar surface area (TPSA) is 54.3 Å². The number of hydrogen-bond donors (Lipinski definition) is 2. The van der Waals surface area contributed by atoms with Gasteiger partial charge in [0.2, 0.25) is 0 Å². The van der Waals surface area contributed by atoms with Crippen molar-refractivity contribution in [2.45, 2.75) is 52.1 Å². The minimum absolute atomic E-state index is 0.0208. The van der Waals surface area contributed by atoms with Crippen LogP contribution in [0.4, 0.5) is 4.79 Å². The van der Waals surface area contributed by atoms with Crippen molar-refractivity contribution in [3.8, 4) is 0 Å². The fourth-order valence-corrected chi connectivity index (χ4v) is 2.13. The molecular weight excluding hydrogens is 216 g/mol. The molecule has 0 saturated heterocycles. The smallest absolute Gasteiger partial charge is 0.315 e. The van der Waals surface area contributed by atoms with E-state index in [1.54, 1.807) is 0 Å². The Labute approximate surface area is 102 Å². The predicted molar refractivity (Wildman–Crippen MR) is 65.9 cm³/mol. The summed E-state index contributed by atoms with van der Waals surface area (Å²) in [5.41, 5.74) is 1.05. The highest BCUT2D eigenvalue weighted by Gasteiger charge is 2.21. The molecule has 2 N–H and O–H groups in total. The Bertz CT molecular complexity index is 408. The van der Waals surface area contributed by atoms with Crippen molar-refractivity contribution >= 4 is 6.03 Å². The number of rotatable bonds is 3. The third-order valence-electron chi connectivity index (χ3n) is 3.33. The molecule has 4 heteroatoms. The molecule has 17 heavy (non-hydrogen) atoms. The number of furan rings is 1. The molecule has 0 radical (unpaired) electrons. The van der Waals surface area contributed by atoms with Crippen molar-refractivity contribution in [3.05, 3.63) is 23.2 Å². The monoisotopic (exact) mass is 236 g/mol. The van der Waals surface area contributed by atoms with Crippen LogP contribution in [0.3, 0.4) is 0 Å². The average molecular weight is 236 g/mol. The highest BCUT2D eigenvalue weighted by atomic mass is 16.3. The molecule has 0 bridgehead atoms. The summed E-state index contributed by atoms with van der Waals surface area (Å²) < 4.78 is 5.46. The highest BCUT2D eigenvalue weighted by Crippen LogP contribution is 2.21. The van der Waals surface area contributed by atoms with Gasteiger partial charge in [0.05, 0.1) is 6.04 Å². The number of hydrogen-bond acceptors (Lipinski definition) is 2. The van der Waals surface area contributed by atoms with Crippen LogP contribution in [0.25, 0.3) is 0 Å². The zero-order valence-electron chi connectivity index (χ0n) is 10.7. The van der Waals surface area contributed by atoms with E-state index in [4.69, 9.17) is 4.42 Å². The number of carbonyl (C=O) groups is 1. The van der Waals surface area contributed by atoms with Gasteiger partial charge in [0.1, 0.15) is 11.5 Å². The first-order valence-corrected chi connectivity index (χ1v) is 6.20. The van der Waals surface area contributed by atoms with E-state index in [9.17, 15) is 4.79 Å². The molecule has 1 atom stereocenters. The van der Waals surface area contributed by atoms with E-state index in [0.717, 1.165) is 29.9 Å². The second kappa shape index (κ2) is 4.82. The van der Waals surface area contributed by atoms with Crippen molar-refractivity contribution in [1.29, 1.82) is 0 Å². The Morgan fingerprint density at radius 3 is 2.65 bits per heavy atom. The maximum atomic E-state index is 11.7. The van der Waals surface area contributed by atoms with Gasteiger partial charge in [0, 0.05) is 11.6 Å². The summed E-state index contributed by atoms with van der Waals surface area (Å²) in [5, 5.41) is 5.90. The van der Waals surface area contributed by atoms with Gasteiger partial charge in [-0.15, -0.1) is 0 Å². The van der Waals surface area contributed by atoms with E-state index >= 15 is 0 Å². The predicted octanol–water partition coefficient (Wildman–Crippen LogP) is 2.81. The van der Waals surface area contributed by atoms with Crippen molar-refractivity contribution in [2.24, 2.45) is 0 Å². The third kappa shape index (κ3) is 2.81. The lowest BCUT2D eigenvalue weighted by atomic mass is 9.93. The van der Waals surface area contributed by atoms with Gasteiger partial charge in [-0.2, -0.15) is 0 Å². The Morgan fingerprint density at radius 2 is 2.18 bits per heavy atom. The summed E-state index contributed by atoms with van der Waals surface area (Å²) in [6.07, 6.45) is 3.43. The molecule has 94 valence electrons. The molecular formula is C13H20N2O2. The molecule has 2 rings (SSSR count). The van der Waals surface area contributed by atoms with Crippen LogP contribution in [0.5, 0.6) is 0 Å². The van der Waals surface area contributed by atoms with Gasteiger partial charge < -0.3 is 15.1 Å². The largest absolute Gasteiger partial charge is 0.466 e. The van der Waals surface area contributed by atoms with Gasteiger partial charge in [-0.3, -0.25) is 0 Å². The maximum absolute atomic E-state index is 11.7. The van der Waals surface area contributed by atoms with Gasteiger partial charge >= 0.3 is 6.03 Å². The van der Waals surface area contributed by atoms with E-state index in [-0.39, 0.29) is 12.1 Å². The second-order valence-corrected chi connectivity index (χ2v) is 4.84. The first-order chi connectivity index (χ1) is 8.06. The molecule has 1 aliphatic rings.